The van der Waals surface area contributed by atoms with E-state index in [-0.39, 0.29) is 26.2 Å². The number of hydrogen-bond acceptors (Lipinski definition) is 0. The summed E-state index contributed by atoms with van der Waals surface area (Å²) < 4.78 is 0. The zero-order valence-corrected chi connectivity index (χ0v) is 19.3. The Morgan fingerprint density at radius 1 is 1.00 bits per heavy atom. The molecule has 0 amide bonds. The van der Waals surface area contributed by atoms with Gasteiger partial charge in [-0.05, 0) is 35.8 Å². The minimum absolute atomic E-state index is 0. The standard InChI is InChI=1S/C26H31.Zr/c1-3-19(2)22-12-14-23(15-13-22)25-11-7-10-24-17-21(18-26(24)25)16-20-8-5-4-6-9-20;/h7,10-15,17-20H,3-6,8-9,16H2,1-2H3;/q-1;. The van der Waals surface area contributed by atoms with E-state index >= 15 is 0 Å². The van der Waals surface area contributed by atoms with Gasteiger partial charge in [0.05, 0.1) is 0 Å². The van der Waals surface area contributed by atoms with Crippen molar-refractivity contribution in [1.29, 1.82) is 0 Å². The molecule has 1 fully saturated rings. The molecule has 1 saturated carbocycles. The molecule has 3 aromatic carbocycles. The molecule has 140 valence electrons. The number of rotatable bonds is 5. The van der Waals surface area contributed by atoms with Crippen molar-refractivity contribution in [3.05, 3.63) is 65.7 Å². The molecule has 0 radical (unpaired) electrons. The topological polar surface area (TPSA) is 0 Å². The van der Waals surface area contributed by atoms with Gasteiger partial charge in [0.25, 0.3) is 0 Å². The molecule has 1 aliphatic rings. The van der Waals surface area contributed by atoms with E-state index in [0.29, 0.717) is 5.92 Å². The van der Waals surface area contributed by atoms with Crippen LogP contribution in [0.2, 0.25) is 0 Å². The third-order valence-corrected chi connectivity index (χ3v) is 6.46. The monoisotopic (exact) mass is 433 g/mol. The van der Waals surface area contributed by atoms with Crippen molar-refractivity contribution in [2.45, 2.75) is 64.7 Å². The summed E-state index contributed by atoms with van der Waals surface area (Å²) in [5, 5.41) is 2.83. The van der Waals surface area contributed by atoms with Crippen molar-refractivity contribution in [1.82, 2.24) is 0 Å². The van der Waals surface area contributed by atoms with Crippen LogP contribution in [0, 0.1) is 5.92 Å². The minimum Gasteiger partial charge on any atom is -0.164 e. The Morgan fingerprint density at radius 3 is 2.44 bits per heavy atom. The Kier molecular flexibility index (Phi) is 7.21. The summed E-state index contributed by atoms with van der Waals surface area (Å²) in [5.74, 6) is 1.54. The van der Waals surface area contributed by atoms with Crippen molar-refractivity contribution in [3.8, 4) is 11.1 Å². The van der Waals surface area contributed by atoms with Gasteiger partial charge in [-0.3, -0.25) is 0 Å². The molecule has 3 aromatic rings. The average molecular weight is 435 g/mol. The van der Waals surface area contributed by atoms with Gasteiger partial charge >= 0.3 is 0 Å². The largest absolute Gasteiger partial charge is 0.164 e. The van der Waals surface area contributed by atoms with Gasteiger partial charge in [0.15, 0.2) is 0 Å². The molecule has 0 N–H and O–H groups in total. The van der Waals surface area contributed by atoms with Gasteiger partial charge in [-0.25, -0.2) is 0 Å². The summed E-state index contributed by atoms with van der Waals surface area (Å²) in [4.78, 5) is 0. The summed E-state index contributed by atoms with van der Waals surface area (Å²) in [6.45, 7) is 4.57. The van der Waals surface area contributed by atoms with E-state index in [9.17, 15) is 0 Å². The van der Waals surface area contributed by atoms with E-state index in [1.54, 1.807) is 0 Å². The van der Waals surface area contributed by atoms with E-state index in [0.717, 1.165) is 5.92 Å². The van der Waals surface area contributed by atoms with Crippen molar-refractivity contribution in [2.75, 3.05) is 0 Å². The number of benzene rings is 2. The molecular weight excluding hydrogens is 404 g/mol. The van der Waals surface area contributed by atoms with Crippen LogP contribution in [-0.2, 0) is 32.6 Å². The van der Waals surface area contributed by atoms with E-state index in [4.69, 9.17) is 0 Å². The minimum atomic E-state index is 0. The Labute approximate surface area is 183 Å². The van der Waals surface area contributed by atoms with Crippen LogP contribution in [0.5, 0.6) is 0 Å². The molecule has 0 aromatic heterocycles. The number of hydrogen-bond donors (Lipinski definition) is 0. The van der Waals surface area contributed by atoms with Crippen molar-refractivity contribution < 1.29 is 26.2 Å². The van der Waals surface area contributed by atoms with Gasteiger partial charge in [-0.1, -0.05) is 81.8 Å². The van der Waals surface area contributed by atoms with Gasteiger partial charge in [-0.2, -0.15) is 6.07 Å². The van der Waals surface area contributed by atoms with Crippen LogP contribution in [0.15, 0.2) is 54.6 Å². The van der Waals surface area contributed by atoms with Crippen LogP contribution in [0.4, 0.5) is 0 Å². The van der Waals surface area contributed by atoms with E-state index in [2.05, 4.69) is 68.4 Å². The smallest absolute Gasteiger partial charge is 0 e. The fourth-order valence-electron chi connectivity index (χ4n) is 4.62. The maximum absolute atomic E-state index is 2.46. The predicted molar refractivity (Wildman–Crippen MR) is 114 cm³/mol. The predicted octanol–water partition coefficient (Wildman–Crippen LogP) is 7.86. The van der Waals surface area contributed by atoms with E-state index in [1.165, 1.54) is 78.0 Å². The van der Waals surface area contributed by atoms with Crippen LogP contribution < -0.4 is 0 Å². The first-order valence-electron chi connectivity index (χ1n) is 10.5. The molecule has 27 heavy (non-hydrogen) atoms. The van der Waals surface area contributed by atoms with Crippen molar-refractivity contribution in [3.63, 3.8) is 0 Å². The van der Waals surface area contributed by atoms with Crippen LogP contribution >= 0.6 is 0 Å². The first-order chi connectivity index (χ1) is 12.7. The summed E-state index contributed by atoms with van der Waals surface area (Å²) >= 11 is 0. The van der Waals surface area contributed by atoms with Crippen molar-refractivity contribution >= 4 is 10.8 Å². The summed E-state index contributed by atoms with van der Waals surface area (Å²) in [6.07, 6.45) is 9.61. The fourth-order valence-corrected chi connectivity index (χ4v) is 4.62. The quantitative estimate of drug-likeness (QED) is 0.358. The van der Waals surface area contributed by atoms with Gasteiger partial charge in [0.1, 0.15) is 0 Å². The molecule has 1 atom stereocenters. The Hall–Kier alpha value is -1.07. The van der Waals surface area contributed by atoms with E-state index in [1.807, 2.05) is 0 Å². The molecule has 0 aliphatic heterocycles. The third-order valence-electron chi connectivity index (χ3n) is 6.46. The molecule has 1 unspecified atom stereocenters. The zero-order valence-electron chi connectivity index (χ0n) is 16.8. The van der Waals surface area contributed by atoms with Crippen LogP contribution in [-0.4, -0.2) is 0 Å². The summed E-state index contributed by atoms with van der Waals surface area (Å²) in [7, 11) is 0. The van der Waals surface area contributed by atoms with Crippen LogP contribution in [0.1, 0.15) is 69.4 Å². The first-order valence-corrected chi connectivity index (χ1v) is 10.5. The molecule has 1 heteroatoms. The normalized spacial score (nSPS) is 16.2. The maximum Gasteiger partial charge on any atom is 0 e. The second kappa shape index (κ2) is 9.42. The summed E-state index contributed by atoms with van der Waals surface area (Å²) in [5.41, 5.74) is 5.71. The molecule has 1 aliphatic carbocycles. The van der Waals surface area contributed by atoms with Crippen molar-refractivity contribution in [2.24, 2.45) is 5.92 Å². The zero-order chi connectivity index (χ0) is 17.9. The summed E-state index contributed by atoms with van der Waals surface area (Å²) in [6, 6.07) is 20.9. The van der Waals surface area contributed by atoms with Gasteiger partial charge in [-0.15, -0.1) is 34.5 Å². The van der Waals surface area contributed by atoms with Crippen LogP contribution in [0.3, 0.4) is 0 Å². The molecular formula is C26H31Zr-. The molecule has 0 saturated heterocycles. The SMILES string of the molecule is CCC(C)c1ccc(-c2cccc3[cH-]c(CC4CCCCC4)cc23)cc1.[Zr]. The average Bonchev–Trinajstić information content (AvgIpc) is 3.10. The van der Waals surface area contributed by atoms with E-state index < -0.39 is 0 Å². The maximum atomic E-state index is 2.46. The fraction of sp³-hybridized carbons (Fsp3) is 0.423. The Bertz CT molecular complexity index is 850. The second-order valence-electron chi connectivity index (χ2n) is 8.31. The molecule has 0 heterocycles. The van der Waals surface area contributed by atoms with Gasteiger partial charge in [0.2, 0.25) is 0 Å². The number of fused-ring (bicyclic) bond motifs is 1. The molecule has 0 spiro atoms. The molecule has 0 nitrogen and oxygen atoms in total. The Morgan fingerprint density at radius 2 is 1.74 bits per heavy atom. The molecule has 4 rings (SSSR count). The van der Waals surface area contributed by atoms with Crippen LogP contribution in [0.25, 0.3) is 21.9 Å². The first kappa shape index (κ1) is 20.7. The van der Waals surface area contributed by atoms with Gasteiger partial charge < -0.3 is 0 Å². The molecule has 0 bridgehead atoms. The van der Waals surface area contributed by atoms with Gasteiger partial charge in [0, 0.05) is 26.2 Å². The second-order valence-corrected chi connectivity index (χ2v) is 8.31. The Balaban J connectivity index is 0.00000210. The third kappa shape index (κ3) is 4.68.